The summed E-state index contributed by atoms with van der Waals surface area (Å²) in [6, 6.07) is 0. The number of rotatable bonds is 22. The summed E-state index contributed by atoms with van der Waals surface area (Å²) in [5, 5.41) is 0. The van der Waals surface area contributed by atoms with Gasteiger partial charge in [-0.15, -0.1) is 0 Å². The van der Waals surface area contributed by atoms with Crippen molar-refractivity contribution in [2.24, 2.45) is 0 Å². The molecule has 0 bridgehead atoms. The molecule has 0 aromatic heterocycles. The number of unbranched alkanes of at least 4 members (excludes halogenated alkanes) is 12. The van der Waals surface area contributed by atoms with E-state index in [-0.39, 0.29) is 18.4 Å². The Hall–Kier alpha value is -0.610. The van der Waals surface area contributed by atoms with E-state index in [4.69, 9.17) is 14.2 Å². The Balaban J connectivity index is 3.95. The van der Waals surface area contributed by atoms with Crippen LogP contribution < -0.4 is 0 Å². The van der Waals surface area contributed by atoms with Crippen molar-refractivity contribution in [2.45, 2.75) is 143 Å². The molecule has 174 valence electrons. The van der Waals surface area contributed by atoms with Crippen LogP contribution in [0.5, 0.6) is 0 Å². The number of ether oxygens (including phenoxy) is 3. The summed E-state index contributed by atoms with van der Waals surface area (Å²) < 4.78 is 17.1. The van der Waals surface area contributed by atoms with Gasteiger partial charge < -0.3 is 14.2 Å². The Morgan fingerprint density at radius 1 is 0.655 bits per heavy atom. The van der Waals surface area contributed by atoms with Gasteiger partial charge in [-0.05, 0) is 26.7 Å². The van der Waals surface area contributed by atoms with E-state index >= 15 is 0 Å². The number of carbonyl (C=O) groups excluding carboxylic acids is 1. The highest BCUT2D eigenvalue weighted by molar-refractivity contribution is 5.69. The zero-order valence-corrected chi connectivity index (χ0v) is 20.0. The van der Waals surface area contributed by atoms with Gasteiger partial charge in [-0.1, -0.05) is 90.9 Å². The van der Waals surface area contributed by atoms with Gasteiger partial charge in [0.05, 0.1) is 12.5 Å². The van der Waals surface area contributed by atoms with E-state index in [0.717, 1.165) is 12.8 Å². The van der Waals surface area contributed by atoms with Gasteiger partial charge in [0, 0.05) is 19.6 Å². The van der Waals surface area contributed by atoms with Gasteiger partial charge in [0.1, 0.15) is 0 Å². The van der Waals surface area contributed by atoms with Crippen LogP contribution in [0.4, 0.5) is 0 Å². The standard InChI is InChI=1S/C25H50O4/c1-5-7-9-11-13-15-17-21-27-25(20-19-24(26)29-23(3)4)28-22-18-16-14-12-10-8-6-2/h23,25H,5-22H2,1-4H3. The van der Waals surface area contributed by atoms with Gasteiger partial charge in [0.25, 0.3) is 0 Å². The molecule has 0 N–H and O–H groups in total. The quantitative estimate of drug-likeness (QED) is 0.104. The average molecular weight is 415 g/mol. The summed E-state index contributed by atoms with van der Waals surface area (Å²) in [5.74, 6) is -0.163. The SMILES string of the molecule is CCCCCCCCCOC(CCC(=O)OC(C)C)OCCCCCCCCC. The first kappa shape index (κ1) is 28.4. The van der Waals surface area contributed by atoms with E-state index in [1.807, 2.05) is 13.8 Å². The highest BCUT2D eigenvalue weighted by Crippen LogP contribution is 2.12. The lowest BCUT2D eigenvalue weighted by atomic mass is 10.1. The normalized spacial score (nSPS) is 11.5. The molecular weight excluding hydrogens is 364 g/mol. The summed E-state index contributed by atoms with van der Waals surface area (Å²) in [5.41, 5.74) is 0. The molecule has 0 saturated carbocycles. The molecule has 0 fully saturated rings. The van der Waals surface area contributed by atoms with Crippen molar-refractivity contribution in [3.8, 4) is 0 Å². The molecule has 0 atom stereocenters. The van der Waals surface area contributed by atoms with E-state index in [2.05, 4.69) is 13.8 Å². The molecule has 0 amide bonds. The van der Waals surface area contributed by atoms with Crippen LogP contribution in [0.1, 0.15) is 130 Å². The van der Waals surface area contributed by atoms with Crippen LogP contribution in [0.2, 0.25) is 0 Å². The van der Waals surface area contributed by atoms with Crippen LogP contribution in [-0.2, 0) is 19.0 Å². The molecule has 0 aliphatic heterocycles. The molecule has 4 nitrogen and oxygen atoms in total. The molecule has 0 aromatic rings. The Labute approximate surface area is 181 Å². The van der Waals surface area contributed by atoms with Crippen LogP contribution in [0, 0.1) is 0 Å². The third-order valence-electron chi connectivity index (χ3n) is 5.05. The molecule has 0 heterocycles. The van der Waals surface area contributed by atoms with Crippen molar-refractivity contribution in [3.05, 3.63) is 0 Å². The van der Waals surface area contributed by atoms with Crippen molar-refractivity contribution in [1.29, 1.82) is 0 Å². The summed E-state index contributed by atoms with van der Waals surface area (Å²) >= 11 is 0. The molecule has 0 aliphatic carbocycles. The Morgan fingerprint density at radius 3 is 1.48 bits per heavy atom. The maximum atomic E-state index is 11.8. The predicted octanol–water partition coefficient (Wildman–Crippen LogP) is 7.58. The molecule has 0 aromatic carbocycles. The summed E-state index contributed by atoms with van der Waals surface area (Å²) in [4.78, 5) is 11.8. The fourth-order valence-corrected chi connectivity index (χ4v) is 3.32. The highest BCUT2D eigenvalue weighted by atomic mass is 16.7. The third-order valence-corrected chi connectivity index (χ3v) is 5.05. The molecule has 4 heteroatoms. The fraction of sp³-hybridized carbons (Fsp3) is 0.960. The largest absolute Gasteiger partial charge is 0.463 e. The first-order valence-electron chi connectivity index (χ1n) is 12.5. The van der Waals surface area contributed by atoms with Gasteiger partial charge in [-0.3, -0.25) is 4.79 Å². The second-order valence-electron chi connectivity index (χ2n) is 8.49. The monoisotopic (exact) mass is 414 g/mol. The van der Waals surface area contributed by atoms with Crippen LogP contribution in [0.25, 0.3) is 0 Å². The molecule has 0 rings (SSSR count). The second-order valence-corrected chi connectivity index (χ2v) is 8.49. The molecule has 0 radical (unpaired) electrons. The minimum atomic E-state index is -0.283. The second kappa shape index (κ2) is 22.1. The Bertz CT molecular complexity index is 324. The zero-order valence-electron chi connectivity index (χ0n) is 20.0. The molecule has 0 saturated heterocycles. The Kier molecular flexibility index (Phi) is 21.6. The van der Waals surface area contributed by atoms with Gasteiger partial charge in [-0.2, -0.15) is 0 Å². The van der Waals surface area contributed by atoms with Gasteiger partial charge in [0.2, 0.25) is 0 Å². The third kappa shape index (κ3) is 21.9. The van der Waals surface area contributed by atoms with Crippen molar-refractivity contribution in [1.82, 2.24) is 0 Å². The van der Waals surface area contributed by atoms with E-state index < -0.39 is 0 Å². The van der Waals surface area contributed by atoms with E-state index in [0.29, 0.717) is 26.1 Å². The first-order valence-corrected chi connectivity index (χ1v) is 12.5. The minimum Gasteiger partial charge on any atom is -0.463 e. The van der Waals surface area contributed by atoms with E-state index in [1.165, 1.54) is 77.0 Å². The van der Waals surface area contributed by atoms with Crippen molar-refractivity contribution >= 4 is 5.97 Å². The highest BCUT2D eigenvalue weighted by Gasteiger charge is 2.14. The number of hydrogen-bond acceptors (Lipinski definition) is 4. The average Bonchev–Trinajstić information content (AvgIpc) is 2.68. The number of esters is 1. The molecule has 0 spiro atoms. The van der Waals surface area contributed by atoms with Crippen molar-refractivity contribution < 1.29 is 19.0 Å². The van der Waals surface area contributed by atoms with Crippen LogP contribution in [0.15, 0.2) is 0 Å². The first-order chi connectivity index (χ1) is 14.1. The molecule has 29 heavy (non-hydrogen) atoms. The lowest BCUT2D eigenvalue weighted by molar-refractivity contribution is -0.161. The van der Waals surface area contributed by atoms with Crippen molar-refractivity contribution in [3.63, 3.8) is 0 Å². The van der Waals surface area contributed by atoms with Crippen LogP contribution in [0.3, 0.4) is 0 Å². The minimum absolute atomic E-state index is 0.0665. The van der Waals surface area contributed by atoms with Gasteiger partial charge in [0.15, 0.2) is 6.29 Å². The lowest BCUT2D eigenvalue weighted by Gasteiger charge is -2.19. The van der Waals surface area contributed by atoms with Crippen LogP contribution >= 0.6 is 0 Å². The summed E-state index contributed by atoms with van der Waals surface area (Å²) in [7, 11) is 0. The maximum absolute atomic E-state index is 11.8. The maximum Gasteiger partial charge on any atom is 0.306 e. The topological polar surface area (TPSA) is 44.8 Å². The smallest absolute Gasteiger partial charge is 0.306 e. The zero-order chi connectivity index (χ0) is 21.6. The summed E-state index contributed by atoms with van der Waals surface area (Å²) in [6.07, 6.45) is 18.3. The van der Waals surface area contributed by atoms with Crippen molar-refractivity contribution in [2.75, 3.05) is 13.2 Å². The van der Waals surface area contributed by atoms with E-state index in [9.17, 15) is 4.79 Å². The number of hydrogen-bond donors (Lipinski definition) is 0. The predicted molar refractivity (Wildman–Crippen MR) is 122 cm³/mol. The molecule has 0 aliphatic rings. The molecular formula is C25H50O4. The number of carbonyl (C=O) groups is 1. The lowest BCUT2D eigenvalue weighted by Crippen LogP contribution is -2.21. The van der Waals surface area contributed by atoms with Gasteiger partial charge in [-0.25, -0.2) is 0 Å². The fourth-order valence-electron chi connectivity index (χ4n) is 3.32. The Morgan fingerprint density at radius 2 is 1.07 bits per heavy atom. The molecule has 0 unspecified atom stereocenters. The van der Waals surface area contributed by atoms with Gasteiger partial charge >= 0.3 is 5.97 Å². The van der Waals surface area contributed by atoms with Crippen LogP contribution in [-0.4, -0.2) is 31.6 Å². The van der Waals surface area contributed by atoms with E-state index in [1.54, 1.807) is 0 Å². The summed E-state index contributed by atoms with van der Waals surface area (Å²) in [6.45, 7) is 9.69.